The maximum absolute atomic E-state index is 11.8. The van der Waals surface area contributed by atoms with Gasteiger partial charge in [-0.2, -0.15) is 0 Å². The third-order valence-electron chi connectivity index (χ3n) is 2.89. The van der Waals surface area contributed by atoms with Gasteiger partial charge in [-0.05, 0) is 39.9 Å². The van der Waals surface area contributed by atoms with Crippen LogP contribution in [0.25, 0.3) is 0 Å². The number of nitrogens with two attached hydrogens (primary N) is 1. The fourth-order valence-corrected chi connectivity index (χ4v) is 1.85. The number of hydrogen-bond acceptors (Lipinski definition) is 3. The van der Waals surface area contributed by atoms with Crippen LogP contribution in [0, 0.1) is 0 Å². The Hall–Kier alpha value is -0.610. The molecule has 1 fully saturated rings. The molecule has 1 amide bonds. The number of carbonyl (C=O) groups excluding carboxylic acids is 1. The Labute approximate surface area is 92.4 Å². The molecule has 0 radical (unpaired) electrons. The van der Waals surface area contributed by atoms with Crippen LogP contribution >= 0.6 is 0 Å². The second-order valence-electron chi connectivity index (χ2n) is 4.63. The number of rotatable bonds is 4. The number of amides is 1. The highest BCUT2D eigenvalue weighted by molar-refractivity contribution is 5.76. The van der Waals surface area contributed by atoms with E-state index in [4.69, 9.17) is 5.73 Å². The van der Waals surface area contributed by atoms with Gasteiger partial charge < -0.3 is 15.5 Å². The van der Waals surface area contributed by atoms with E-state index in [9.17, 15) is 4.79 Å². The molecule has 0 atom stereocenters. The topological polar surface area (TPSA) is 49.6 Å². The van der Waals surface area contributed by atoms with Crippen LogP contribution in [0.2, 0.25) is 0 Å². The molecule has 2 N–H and O–H groups in total. The van der Waals surface area contributed by atoms with Crippen molar-refractivity contribution in [2.45, 2.75) is 31.7 Å². The molecular weight excluding hydrogens is 190 g/mol. The van der Waals surface area contributed by atoms with Crippen LogP contribution in [0.1, 0.15) is 25.7 Å². The number of nitrogens with zero attached hydrogens (tertiary/aromatic N) is 2. The first kappa shape index (κ1) is 12.5. The standard InChI is InChI=1S/C11H23N3O/c1-13(2)7-3-4-11(15)14-8-5-10(12)6-9-14/h10H,3-9,12H2,1-2H3. The first-order chi connectivity index (χ1) is 7.09. The van der Waals surface area contributed by atoms with E-state index in [1.165, 1.54) is 0 Å². The summed E-state index contributed by atoms with van der Waals surface area (Å²) in [6.07, 6.45) is 3.54. The Morgan fingerprint density at radius 3 is 2.53 bits per heavy atom. The quantitative estimate of drug-likeness (QED) is 0.729. The number of carbonyl (C=O) groups is 1. The van der Waals surface area contributed by atoms with Crippen LogP contribution in [0.4, 0.5) is 0 Å². The van der Waals surface area contributed by atoms with Crippen molar-refractivity contribution < 1.29 is 4.79 Å². The van der Waals surface area contributed by atoms with E-state index < -0.39 is 0 Å². The minimum Gasteiger partial charge on any atom is -0.343 e. The van der Waals surface area contributed by atoms with E-state index in [1.807, 2.05) is 19.0 Å². The molecule has 0 aliphatic carbocycles. The van der Waals surface area contributed by atoms with Crippen LogP contribution in [0.5, 0.6) is 0 Å². The molecule has 0 aromatic heterocycles. The first-order valence-electron chi connectivity index (χ1n) is 5.77. The monoisotopic (exact) mass is 213 g/mol. The molecule has 0 saturated carbocycles. The third kappa shape index (κ3) is 4.62. The van der Waals surface area contributed by atoms with Crippen molar-refractivity contribution in [3.63, 3.8) is 0 Å². The van der Waals surface area contributed by atoms with Gasteiger partial charge in [0.25, 0.3) is 0 Å². The summed E-state index contributed by atoms with van der Waals surface area (Å²) in [7, 11) is 4.06. The van der Waals surface area contributed by atoms with Gasteiger partial charge in [-0.1, -0.05) is 0 Å². The fraction of sp³-hybridized carbons (Fsp3) is 0.909. The molecule has 0 aromatic rings. The van der Waals surface area contributed by atoms with Crippen molar-refractivity contribution in [2.24, 2.45) is 5.73 Å². The Morgan fingerprint density at radius 2 is 2.00 bits per heavy atom. The second-order valence-corrected chi connectivity index (χ2v) is 4.63. The molecule has 0 unspecified atom stereocenters. The molecular formula is C11H23N3O. The second kappa shape index (κ2) is 6.08. The normalized spacial score (nSPS) is 18.5. The van der Waals surface area contributed by atoms with Crippen molar-refractivity contribution in [1.82, 2.24) is 9.80 Å². The van der Waals surface area contributed by atoms with Crippen LogP contribution in [-0.2, 0) is 4.79 Å². The fourth-order valence-electron chi connectivity index (χ4n) is 1.85. The van der Waals surface area contributed by atoms with Crippen LogP contribution in [0.3, 0.4) is 0 Å². The van der Waals surface area contributed by atoms with Gasteiger partial charge in [0.2, 0.25) is 5.91 Å². The summed E-state index contributed by atoms with van der Waals surface area (Å²) in [5.74, 6) is 0.295. The zero-order valence-electron chi connectivity index (χ0n) is 9.91. The lowest BCUT2D eigenvalue weighted by atomic mass is 10.1. The lowest BCUT2D eigenvalue weighted by molar-refractivity contribution is -0.132. The average Bonchev–Trinajstić information content (AvgIpc) is 2.18. The number of hydrogen-bond donors (Lipinski definition) is 1. The molecule has 4 heteroatoms. The summed E-state index contributed by atoms with van der Waals surface area (Å²) >= 11 is 0. The Bertz CT molecular complexity index is 198. The molecule has 1 saturated heterocycles. The van der Waals surface area contributed by atoms with Gasteiger partial charge >= 0.3 is 0 Å². The van der Waals surface area contributed by atoms with Crippen molar-refractivity contribution in [3.05, 3.63) is 0 Å². The SMILES string of the molecule is CN(C)CCCC(=O)N1CCC(N)CC1. The zero-order chi connectivity index (χ0) is 11.3. The van der Waals surface area contributed by atoms with E-state index in [-0.39, 0.29) is 0 Å². The number of piperidine rings is 1. The maximum Gasteiger partial charge on any atom is 0.222 e. The van der Waals surface area contributed by atoms with E-state index in [0.29, 0.717) is 18.4 Å². The van der Waals surface area contributed by atoms with Gasteiger partial charge in [0.15, 0.2) is 0 Å². The summed E-state index contributed by atoms with van der Waals surface area (Å²) < 4.78 is 0. The zero-order valence-corrected chi connectivity index (χ0v) is 9.91. The van der Waals surface area contributed by atoms with Gasteiger partial charge in [-0.15, -0.1) is 0 Å². The largest absolute Gasteiger partial charge is 0.343 e. The van der Waals surface area contributed by atoms with Crippen molar-refractivity contribution in [3.8, 4) is 0 Å². The van der Waals surface area contributed by atoms with E-state index in [0.717, 1.165) is 38.9 Å². The van der Waals surface area contributed by atoms with E-state index in [2.05, 4.69) is 4.90 Å². The molecule has 0 aromatic carbocycles. The van der Waals surface area contributed by atoms with Gasteiger partial charge in [0.1, 0.15) is 0 Å². The minimum atomic E-state index is 0.295. The van der Waals surface area contributed by atoms with Crippen LogP contribution in [-0.4, -0.2) is 55.5 Å². The van der Waals surface area contributed by atoms with Crippen molar-refractivity contribution in [1.29, 1.82) is 0 Å². The summed E-state index contributed by atoms with van der Waals surface area (Å²) in [4.78, 5) is 15.8. The van der Waals surface area contributed by atoms with Gasteiger partial charge in [-0.3, -0.25) is 4.79 Å². The number of likely N-dealkylation sites (tertiary alicyclic amines) is 1. The van der Waals surface area contributed by atoms with E-state index in [1.54, 1.807) is 0 Å². The third-order valence-corrected chi connectivity index (χ3v) is 2.89. The summed E-state index contributed by atoms with van der Waals surface area (Å²) in [6, 6.07) is 0.302. The molecule has 4 nitrogen and oxygen atoms in total. The lowest BCUT2D eigenvalue weighted by Gasteiger charge is -2.30. The van der Waals surface area contributed by atoms with Crippen molar-refractivity contribution >= 4 is 5.91 Å². The maximum atomic E-state index is 11.8. The minimum absolute atomic E-state index is 0.295. The molecule has 15 heavy (non-hydrogen) atoms. The molecule has 0 bridgehead atoms. The highest BCUT2D eigenvalue weighted by Gasteiger charge is 2.19. The predicted molar refractivity (Wildman–Crippen MR) is 61.6 cm³/mol. The summed E-state index contributed by atoms with van der Waals surface area (Å²) in [5, 5.41) is 0. The molecule has 1 aliphatic heterocycles. The van der Waals surface area contributed by atoms with Gasteiger partial charge in [-0.25, -0.2) is 0 Å². The molecule has 0 spiro atoms. The molecule has 1 aliphatic rings. The van der Waals surface area contributed by atoms with Crippen LogP contribution < -0.4 is 5.73 Å². The van der Waals surface area contributed by atoms with E-state index >= 15 is 0 Å². The first-order valence-corrected chi connectivity index (χ1v) is 5.77. The van der Waals surface area contributed by atoms with Gasteiger partial charge in [0, 0.05) is 25.6 Å². The highest BCUT2D eigenvalue weighted by atomic mass is 16.2. The molecule has 1 rings (SSSR count). The van der Waals surface area contributed by atoms with Crippen molar-refractivity contribution in [2.75, 3.05) is 33.7 Å². The lowest BCUT2D eigenvalue weighted by Crippen LogP contribution is -2.42. The molecule has 1 heterocycles. The highest BCUT2D eigenvalue weighted by Crippen LogP contribution is 2.10. The molecule has 88 valence electrons. The summed E-state index contributed by atoms with van der Waals surface area (Å²) in [6.45, 7) is 2.68. The Kier molecular flexibility index (Phi) is 5.05. The predicted octanol–water partition coefficient (Wildman–Crippen LogP) is 0.278. The van der Waals surface area contributed by atoms with Crippen LogP contribution in [0.15, 0.2) is 0 Å². The Balaban J connectivity index is 2.17. The average molecular weight is 213 g/mol. The smallest absolute Gasteiger partial charge is 0.222 e. The summed E-state index contributed by atoms with van der Waals surface area (Å²) in [5.41, 5.74) is 5.79. The van der Waals surface area contributed by atoms with Gasteiger partial charge in [0.05, 0.1) is 0 Å². The Morgan fingerprint density at radius 1 is 1.40 bits per heavy atom.